The van der Waals surface area contributed by atoms with Crippen molar-refractivity contribution in [3.63, 3.8) is 0 Å². The van der Waals surface area contributed by atoms with E-state index in [0.29, 0.717) is 17.8 Å². The van der Waals surface area contributed by atoms with Crippen LogP contribution in [0.1, 0.15) is 29.5 Å². The van der Waals surface area contributed by atoms with E-state index in [4.69, 9.17) is 0 Å². The maximum Gasteiger partial charge on any atom is 0.240 e. The smallest absolute Gasteiger partial charge is 0.240 e. The number of nitrogens with zero attached hydrogens (tertiary/aromatic N) is 1. The predicted octanol–water partition coefficient (Wildman–Crippen LogP) is 2.64. The van der Waals surface area contributed by atoms with E-state index in [2.05, 4.69) is 10.6 Å². The fourth-order valence-corrected chi connectivity index (χ4v) is 3.96. The van der Waals surface area contributed by atoms with Crippen molar-refractivity contribution in [3.8, 4) is 0 Å². The molecule has 1 atom stereocenters. The number of carbonyl (C=O) groups excluding carboxylic acids is 2. The van der Waals surface area contributed by atoms with Gasteiger partial charge in [0.05, 0.1) is 12.5 Å². The second-order valence-corrected chi connectivity index (χ2v) is 7.46. The molecule has 1 fully saturated rings. The zero-order valence-corrected chi connectivity index (χ0v) is 15.7. The molecule has 0 spiro atoms. The van der Waals surface area contributed by atoms with Crippen LogP contribution in [0.4, 0.5) is 10.1 Å². The molecule has 2 amide bonds. The Morgan fingerprint density at radius 3 is 2.82 bits per heavy atom. The molecular weight excluding hydrogens is 357 g/mol. The van der Waals surface area contributed by atoms with Crippen molar-refractivity contribution in [1.82, 2.24) is 10.2 Å². The van der Waals surface area contributed by atoms with E-state index in [1.165, 1.54) is 11.6 Å². The third-order valence-corrected chi connectivity index (χ3v) is 5.48. The van der Waals surface area contributed by atoms with Gasteiger partial charge in [0.15, 0.2) is 0 Å². The van der Waals surface area contributed by atoms with Crippen molar-refractivity contribution < 1.29 is 14.0 Å². The minimum atomic E-state index is -0.377. The molecule has 0 aromatic heterocycles. The summed E-state index contributed by atoms with van der Waals surface area (Å²) in [5.41, 5.74) is 3.31. The summed E-state index contributed by atoms with van der Waals surface area (Å²) in [5.74, 6) is -0.473. The van der Waals surface area contributed by atoms with Gasteiger partial charge in [0, 0.05) is 18.8 Å². The van der Waals surface area contributed by atoms with E-state index in [1.54, 1.807) is 18.2 Å². The van der Waals surface area contributed by atoms with Crippen LogP contribution in [0, 0.1) is 5.82 Å². The average Bonchev–Trinajstić information content (AvgIpc) is 3.23. The third kappa shape index (κ3) is 4.07. The standard InChI is InChI=1S/C22H24FN3O2/c23-19-5-2-1-4-16(19)13-21(27)25-18-8-7-15-9-11-26(14-17(15)12-18)22(28)20-6-3-10-24-20/h1-2,4-5,7-8,12,20,24H,3,6,9-11,13-14H2,(H,25,27)/t20-/m0/s1. The van der Waals surface area contributed by atoms with Crippen LogP contribution >= 0.6 is 0 Å². The highest BCUT2D eigenvalue weighted by molar-refractivity contribution is 5.92. The molecule has 2 N–H and O–H groups in total. The van der Waals surface area contributed by atoms with Gasteiger partial charge in [-0.05, 0) is 60.7 Å². The van der Waals surface area contributed by atoms with E-state index in [9.17, 15) is 14.0 Å². The lowest BCUT2D eigenvalue weighted by atomic mass is 9.98. The summed E-state index contributed by atoms with van der Waals surface area (Å²) in [6.07, 6.45) is 2.74. The van der Waals surface area contributed by atoms with E-state index in [-0.39, 0.29) is 30.1 Å². The molecule has 0 unspecified atom stereocenters. The number of rotatable bonds is 4. The molecule has 146 valence electrons. The van der Waals surface area contributed by atoms with E-state index in [1.807, 2.05) is 23.1 Å². The molecule has 0 aliphatic carbocycles. The lowest BCUT2D eigenvalue weighted by molar-refractivity contribution is -0.134. The fraction of sp³-hybridized carbons (Fsp3) is 0.364. The van der Waals surface area contributed by atoms with Gasteiger partial charge in [-0.2, -0.15) is 0 Å². The number of nitrogens with one attached hydrogen (secondary N) is 2. The van der Waals surface area contributed by atoms with Gasteiger partial charge in [-0.25, -0.2) is 4.39 Å². The van der Waals surface area contributed by atoms with Crippen molar-refractivity contribution in [3.05, 3.63) is 65.0 Å². The SMILES string of the molecule is O=C(Cc1ccccc1F)Nc1ccc2c(c1)CN(C(=O)[C@@H]1CCCN1)CC2. The predicted molar refractivity (Wildman–Crippen MR) is 105 cm³/mol. The molecule has 28 heavy (non-hydrogen) atoms. The summed E-state index contributed by atoms with van der Waals surface area (Å²) in [6.45, 7) is 2.19. The summed E-state index contributed by atoms with van der Waals surface area (Å²) >= 11 is 0. The van der Waals surface area contributed by atoms with E-state index >= 15 is 0 Å². The Morgan fingerprint density at radius 2 is 2.04 bits per heavy atom. The fourth-order valence-electron chi connectivity index (χ4n) is 3.96. The second-order valence-electron chi connectivity index (χ2n) is 7.46. The third-order valence-electron chi connectivity index (χ3n) is 5.48. The Morgan fingerprint density at radius 1 is 1.18 bits per heavy atom. The van der Waals surface area contributed by atoms with Crippen LogP contribution in [-0.2, 0) is 29.0 Å². The molecule has 0 radical (unpaired) electrons. The summed E-state index contributed by atoms with van der Waals surface area (Å²) in [6, 6.07) is 12.0. The monoisotopic (exact) mass is 381 g/mol. The number of anilines is 1. The minimum absolute atomic E-state index is 0.0122. The first-order valence-corrected chi connectivity index (χ1v) is 9.77. The molecule has 2 aliphatic heterocycles. The first-order chi connectivity index (χ1) is 13.6. The number of amides is 2. The van der Waals surface area contributed by atoms with Crippen LogP contribution in [0.3, 0.4) is 0 Å². The summed E-state index contributed by atoms with van der Waals surface area (Å²) < 4.78 is 13.7. The molecular formula is C22H24FN3O2. The minimum Gasteiger partial charge on any atom is -0.337 e. The molecule has 5 nitrogen and oxygen atoms in total. The van der Waals surface area contributed by atoms with Crippen molar-refractivity contribution in [2.75, 3.05) is 18.4 Å². The van der Waals surface area contributed by atoms with Gasteiger partial charge < -0.3 is 15.5 Å². The quantitative estimate of drug-likeness (QED) is 0.856. The Hall–Kier alpha value is -2.73. The zero-order valence-electron chi connectivity index (χ0n) is 15.7. The number of carbonyl (C=O) groups is 2. The summed E-state index contributed by atoms with van der Waals surface area (Å²) in [4.78, 5) is 26.9. The van der Waals surface area contributed by atoms with E-state index in [0.717, 1.165) is 37.9 Å². The van der Waals surface area contributed by atoms with Crippen molar-refractivity contribution >= 4 is 17.5 Å². The molecule has 4 rings (SSSR count). The van der Waals surface area contributed by atoms with Gasteiger partial charge in [0.25, 0.3) is 0 Å². The van der Waals surface area contributed by atoms with Crippen LogP contribution in [0.25, 0.3) is 0 Å². The molecule has 0 bridgehead atoms. The lowest BCUT2D eigenvalue weighted by Gasteiger charge is -2.31. The Labute approximate surface area is 163 Å². The molecule has 6 heteroatoms. The topological polar surface area (TPSA) is 61.4 Å². The highest BCUT2D eigenvalue weighted by Crippen LogP contribution is 2.24. The molecule has 2 aromatic carbocycles. The number of hydrogen-bond donors (Lipinski definition) is 2. The number of hydrogen-bond acceptors (Lipinski definition) is 3. The molecule has 2 heterocycles. The van der Waals surface area contributed by atoms with Gasteiger partial charge in [-0.15, -0.1) is 0 Å². The van der Waals surface area contributed by atoms with Crippen molar-refractivity contribution in [1.29, 1.82) is 0 Å². The van der Waals surface area contributed by atoms with Crippen molar-refractivity contribution in [2.24, 2.45) is 0 Å². The summed E-state index contributed by atoms with van der Waals surface area (Å²) in [7, 11) is 0. The number of benzene rings is 2. The largest absolute Gasteiger partial charge is 0.337 e. The second kappa shape index (κ2) is 8.10. The molecule has 2 aromatic rings. The Balaban J connectivity index is 1.42. The highest BCUT2D eigenvalue weighted by atomic mass is 19.1. The van der Waals surface area contributed by atoms with Crippen LogP contribution in [0.2, 0.25) is 0 Å². The highest BCUT2D eigenvalue weighted by Gasteiger charge is 2.29. The number of fused-ring (bicyclic) bond motifs is 1. The molecule has 0 saturated carbocycles. The van der Waals surface area contributed by atoms with Gasteiger partial charge >= 0.3 is 0 Å². The van der Waals surface area contributed by atoms with Gasteiger partial charge in [0.1, 0.15) is 5.82 Å². The molecule has 2 aliphatic rings. The first kappa shape index (κ1) is 18.6. The van der Waals surface area contributed by atoms with Gasteiger partial charge in [0.2, 0.25) is 11.8 Å². The lowest BCUT2D eigenvalue weighted by Crippen LogP contribution is -2.45. The van der Waals surface area contributed by atoms with Crippen LogP contribution in [0.15, 0.2) is 42.5 Å². The van der Waals surface area contributed by atoms with Crippen molar-refractivity contribution in [2.45, 2.75) is 38.3 Å². The van der Waals surface area contributed by atoms with E-state index < -0.39 is 0 Å². The molecule has 1 saturated heterocycles. The van der Waals surface area contributed by atoms with Gasteiger partial charge in [-0.1, -0.05) is 24.3 Å². The first-order valence-electron chi connectivity index (χ1n) is 9.77. The maximum absolute atomic E-state index is 13.7. The van der Waals surface area contributed by atoms with Gasteiger partial charge in [-0.3, -0.25) is 9.59 Å². The average molecular weight is 381 g/mol. The normalized spacial score (nSPS) is 18.6. The Bertz CT molecular complexity index is 893. The van der Waals surface area contributed by atoms with Crippen LogP contribution < -0.4 is 10.6 Å². The maximum atomic E-state index is 13.7. The zero-order chi connectivity index (χ0) is 19.5. The van der Waals surface area contributed by atoms with Crippen LogP contribution in [-0.4, -0.2) is 35.8 Å². The number of halogens is 1. The Kier molecular flexibility index (Phi) is 5.39. The van der Waals surface area contributed by atoms with Crippen LogP contribution in [0.5, 0.6) is 0 Å². The summed E-state index contributed by atoms with van der Waals surface area (Å²) in [5, 5.41) is 6.11.